The van der Waals surface area contributed by atoms with Gasteiger partial charge in [-0.25, -0.2) is 0 Å². The Kier molecular flexibility index (Phi) is 4.16. The van der Waals surface area contributed by atoms with Gasteiger partial charge in [-0.15, -0.1) is 0 Å². The molecule has 2 saturated carbocycles. The molecule has 0 N–H and O–H groups in total. The van der Waals surface area contributed by atoms with E-state index in [1.807, 2.05) is 0 Å². The number of nitrogens with zero attached hydrogens (tertiary/aromatic N) is 2. The first-order chi connectivity index (χ1) is 16.7. The minimum absolute atomic E-state index is 0.303. The van der Waals surface area contributed by atoms with E-state index < -0.39 is 16.9 Å². The smallest absolute Gasteiger partial charge is 0.232 e. The molecule has 170 valence electrons. The van der Waals surface area contributed by atoms with Crippen molar-refractivity contribution in [1.82, 2.24) is 0 Å². The van der Waals surface area contributed by atoms with Crippen molar-refractivity contribution in [1.29, 1.82) is 0 Å². The summed E-state index contributed by atoms with van der Waals surface area (Å²) in [6.45, 7) is 0. The number of methoxy groups -OCH3 is 2. The summed E-state index contributed by atoms with van der Waals surface area (Å²) < 4.78 is 13.0. The van der Waals surface area contributed by atoms with E-state index in [1.54, 1.807) is 14.2 Å². The lowest BCUT2D eigenvalue weighted by Crippen LogP contribution is -2.58. The molecule has 34 heavy (non-hydrogen) atoms. The van der Waals surface area contributed by atoms with Crippen LogP contribution in [-0.4, -0.2) is 20.0 Å². The molecule has 2 fully saturated rings. The number of rotatable bonds is 4. The van der Waals surface area contributed by atoms with Crippen molar-refractivity contribution < 1.29 is 9.47 Å². The molecule has 4 atom stereocenters. The molecule has 1 aliphatic heterocycles. The van der Waals surface area contributed by atoms with Gasteiger partial charge in [0.2, 0.25) is 5.79 Å². The minimum atomic E-state index is -1.01. The Morgan fingerprint density at radius 2 is 1.06 bits per heavy atom. The van der Waals surface area contributed by atoms with Crippen LogP contribution in [0.1, 0.15) is 30.4 Å². The molecule has 4 aromatic carbocycles. The van der Waals surface area contributed by atoms with Gasteiger partial charge in [0.15, 0.2) is 11.1 Å². The monoisotopic (exact) mass is 448 g/mol. The van der Waals surface area contributed by atoms with E-state index >= 15 is 0 Å². The van der Waals surface area contributed by atoms with Crippen LogP contribution in [0.3, 0.4) is 0 Å². The Bertz CT molecular complexity index is 1350. The van der Waals surface area contributed by atoms with Gasteiger partial charge in [0.25, 0.3) is 0 Å². The van der Waals surface area contributed by atoms with Crippen LogP contribution in [0.2, 0.25) is 0 Å². The first kappa shape index (κ1) is 20.3. The van der Waals surface area contributed by atoms with Crippen LogP contribution in [0.15, 0.2) is 95.2 Å². The maximum absolute atomic E-state index is 6.50. The summed E-state index contributed by atoms with van der Waals surface area (Å²) in [6.07, 6.45) is 3.37. The lowest BCUT2D eigenvalue weighted by atomic mass is 9.74. The number of hydrogen-bond acceptors (Lipinski definition) is 4. The van der Waals surface area contributed by atoms with Crippen molar-refractivity contribution in [2.24, 2.45) is 22.1 Å². The summed E-state index contributed by atoms with van der Waals surface area (Å²) in [5, 5.41) is 15.2. The van der Waals surface area contributed by atoms with Crippen LogP contribution < -0.4 is 0 Å². The highest BCUT2D eigenvalue weighted by molar-refractivity contribution is 5.84. The van der Waals surface area contributed by atoms with E-state index in [0.717, 1.165) is 24.0 Å². The predicted octanol–water partition coefficient (Wildman–Crippen LogP) is 6.97. The third kappa shape index (κ3) is 2.17. The average Bonchev–Trinajstić information content (AvgIpc) is 3.56. The molecule has 0 aromatic heterocycles. The van der Waals surface area contributed by atoms with Crippen LogP contribution in [-0.2, 0) is 20.6 Å². The zero-order valence-electron chi connectivity index (χ0n) is 19.6. The van der Waals surface area contributed by atoms with E-state index in [1.165, 1.54) is 28.0 Å². The van der Waals surface area contributed by atoms with Gasteiger partial charge in [-0.3, -0.25) is 0 Å². The first-order valence-electron chi connectivity index (χ1n) is 12.2. The summed E-state index contributed by atoms with van der Waals surface area (Å²) in [7, 11) is 3.54. The van der Waals surface area contributed by atoms with Gasteiger partial charge in [0.1, 0.15) is 0 Å². The van der Waals surface area contributed by atoms with Gasteiger partial charge in [0.05, 0.1) is 0 Å². The molecule has 0 amide bonds. The molecule has 0 spiro atoms. The number of ether oxygens (including phenoxy) is 2. The van der Waals surface area contributed by atoms with Crippen molar-refractivity contribution in [3.8, 4) is 0 Å². The second-order valence-corrected chi connectivity index (χ2v) is 10.0. The molecule has 4 aromatic rings. The molecule has 4 unspecified atom stereocenters. The number of benzene rings is 4. The van der Waals surface area contributed by atoms with Crippen molar-refractivity contribution >= 4 is 21.5 Å². The predicted molar refractivity (Wildman–Crippen MR) is 134 cm³/mol. The molecular formula is C30H28N2O2. The molecule has 4 nitrogen and oxygen atoms in total. The normalized spacial score (nSPS) is 30.9. The summed E-state index contributed by atoms with van der Waals surface area (Å²) in [6, 6.07) is 30.4. The molecule has 0 saturated heterocycles. The molecule has 3 aliphatic rings. The Hall–Kier alpha value is -3.08. The zero-order chi connectivity index (χ0) is 23.0. The number of hydrogen-bond donors (Lipinski definition) is 0. The summed E-state index contributed by atoms with van der Waals surface area (Å²) in [5.41, 5.74) is 0.896. The van der Waals surface area contributed by atoms with Crippen molar-refractivity contribution in [2.45, 2.75) is 36.1 Å². The number of azo groups is 1. The van der Waals surface area contributed by atoms with E-state index in [2.05, 4.69) is 84.9 Å². The van der Waals surface area contributed by atoms with Crippen LogP contribution in [0.5, 0.6) is 0 Å². The third-order valence-electron chi connectivity index (χ3n) is 8.91. The van der Waals surface area contributed by atoms with Gasteiger partial charge < -0.3 is 9.47 Å². The highest BCUT2D eigenvalue weighted by atomic mass is 16.7. The van der Waals surface area contributed by atoms with Crippen molar-refractivity contribution in [3.05, 3.63) is 96.1 Å². The minimum Gasteiger partial charge on any atom is -0.348 e. The third-order valence-corrected chi connectivity index (χ3v) is 8.91. The van der Waals surface area contributed by atoms with Gasteiger partial charge in [0, 0.05) is 26.1 Å². The Labute approximate surface area is 199 Å². The van der Waals surface area contributed by atoms with Gasteiger partial charge in [-0.2, -0.15) is 10.2 Å². The SMILES string of the molecule is COC1(OC)C2(c3ccc4ccccc4c3)N=NC1(c1ccc3ccccc3c1)C1CCCC12. The lowest BCUT2D eigenvalue weighted by molar-refractivity contribution is -0.263. The molecule has 2 bridgehead atoms. The Morgan fingerprint density at radius 3 is 1.50 bits per heavy atom. The maximum Gasteiger partial charge on any atom is 0.232 e. The maximum atomic E-state index is 6.50. The standard InChI is InChI=1S/C30H28N2O2/c1-33-30(34-2)28(24-16-14-20-8-3-5-10-22(20)18-24)26-12-7-13-27(26)29(30,32-31-28)25-17-15-21-9-4-6-11-23(21)19-25/h3-6,8-11,14-19,26-27H,7,12-13H2,1-2H3. The number of fused-ring (bicyclic) bond motifs is 7. The largest absolute Gasteiger partial charge is 0.348 e. The molecule has 1 heterocycles. The van der Waals surface area contributed by atoms with E-state index in [4.69, 9.17) is 19.7 Å². The first-order valence-corrected chi connectivity index (χ1v) is 12.2. The fourth-order valence-corrected chi connectivity index (χ4v) is 7.66. The van der Waals surface area contributed by atoms with E-state index in [0.29, 0.717) is 11.8 Å². The molecule has 4 heteroatoms. The topological polar surface area (TPSA) is 43.2 Å². The fourth-order valence-electron chi connectivity index (χ4n) is 7.66. The zero-order valence-corrected chi connectivity index (χ0v) is 19.6. The summed E-state index contributed by atoms with van der Waals surface area (Å²) >= 11 is 0. The molecule has 2 aliphatic carbocycles. The second kappa shape index (κ2) is 6.97. The Balaban J connectivity index is 1.52. The fraction of sp³-hybridized carbons (Fsp3) is 0.333. The van der Waals surface area contributed by atoms with Crippen molar-refractivity contribution in [2.75, 3.05) is 14.2 Å². The van der Waals surface area contributed by atoms with Gasteiger partial charge >= 0.3 is 0 Å². The van der Waals surface area contributed by atoms with Crippen molar-refractivity contribution in [3.63, 3.8) is 0 Å². The molecule has 0 radical (unpaired) electrons. The van der Waals surface area contributed by atoms with Crippen LogP contribution in [0.25, 0.3) is 21.5 Å². The van der Waals surface area contributed by atoms with Gasteiger partial charge in [-0.05, 0) is 57.6 Å². The summed E-state index contributed by atoms with van der Waals surface area (Å²) in [4.78, 5) is 0. The van der Waals surface area contributed by atoms with Gasteiger partial charge in [-0.1, -0.05) is 79.2 Å². The molecular weight excluding hydrogens is 420 g/mol. The van der Waals surface area contributed by atoms with Crippen LogP contribution in [0, 0.1) is 11.8 Å². The quantitative estimate of drug-likeness (QED) is 0.316. The average molecular weight is 449 g/mol. The highest BCUT2D eigenvalue weighted by Crippen LogP contribution is 2.75. The second-order valence-electron chi connectivity index (χ2n) is 10.0. The van der Waals surface area contributed by atoms with Crippen LogP contribution >= 0.6 is 0 Å². The molecule has 7 rings (SSSR count). The van der Waals surface area contributed by atoms with E-state index in [-0.39, 0.29) is 0 Å². The Morgan fingerprint density at radius 1 is 0.618 bits per heavy atom. The summed E-state index contributed by atoms with van der Waals surface area (Å²) in [5.74, 6) is -0.407. The highest BCUT2D eigenvalue weighted by Gasteiger charge is 2.84. The lowest BCUT2D eigenvalue weighted by Gasteiger charge is -2.44. The van der Waals surface area contributed by atoms with E-state index in [9.17, 15) is 0 Å². The van der Waals surface area contributed by atoms with Crippen LogP contribution in [0.4, 0.5) is 0 Å².